The number of rotatable bonds is 5. The molecule has 1 atom stereocenters. The average molecular weight is 346 g/mol. The fraction of sp³-hybridized carbons (Fsp3) is 0.238. The van der Waals surface area contributed by atoms with Crippen LogP contribution >= 0.6 is 0 Å². The number of likely N-dealkylation sites (tertiary alicyclic amines) is 1. The van der Waals surface area contributed by atoms with E-state index in [0.29, 0.717) is 5.56 Å². The number of hydrogen-bond donors (Lipinski definition) is 1. The number of carbonyl (C=O) groups excluding carboxylic acids is 1. The van der Waals surface area contributed by atoms with E-state index in [-0.39, 0.29) is 11.9 Å². The van der Waals surface area contributed by atoms with Crippen LogP contribution in [-0.4, -0.2) is 39.7 Å². The average Bonchev–Trinajstić information content (AvgIpc) is 3.35. The maximum Gasteiger partial charge on any atom is 0.251 e. The van der Waals surface area contributed by atoms with Crippen LogP contribution < -0.4 is 5.32 Å². The summed E-state index contributed by atoms with van der Waals surface area (Å²) in [4.78, 5) is 14.9. The van der Waals surface area contributed by atoms with Crippen LogP contribution in [0, 0.1) is 0 Å². The summed E-state index contributed by atoms with van der Waals surface area (Å²) in [7, 11) is 0. The van der Waals surface area contributed by atoms with Crippen molar-refractivity contribution in [1.82, 2.24) is 20.0 Å². The Labute approximate surface area is 153 Å². The van der Waals surface area contributed by atoms with E-state index in [0.717, 1.165) is 31.7 Å². The van der Waals surface area contributed by atoms with Crippen LogP contribution in [0.2, 0.25) is 0 Å². The van der Waals surface area contributed by atoms with Crippen molar-refractivity contribution in [2.45, 2.75) is 19.0 Å². The lowest BCUT2D eigenvalue weighted by Crippen LogP contribution is -2.37. The first-order valence-corrected chi connectivity index (χ1v) is 8.95. The molecule has 0 spiro atoms. The van der Waals surface area contributed by atoms with Gasteiger partial charge in [-0.25, -0.2) is 4.68 Å². The molecule has 4 rings (SSSR count). The number of hydrogen-bond acceptors (Lipinski definition) is 3. The van der Waals surface area contributed by atoms with Crippen molar-refractivity contribution in [1.29, 1.82) is 0 Å². The maximum absolute atomic E-state index is 12.5. The molecule has 3 aromatic rings. The van der Waals surface area contributed by atoms with Gasteiger partial charge in [0, 0.05) is 43.6 Å². The zero-order chi connectivity index (χ0) is 17.8. The quantitative estimate of drug-likeness (QED) is 0.773. The molecule has 2 heterocycles. The van der Waals surface area contributed by atoms with Gasteiger partial charge in [-0.3, -0.25) is 9.69 Å². The lowest BCUT2D eigenvalue weighted by Gasteiger charge is -2.17. The summed E-state index contributed by atoms with van der Waals surface area (Å²) in [6, 6.07) is 20.1. The summed E-state index contributed by atoms with van der Waals surface area (Å²) >= 11 is 0. The number of carbonyl (C=O) groups is 1. The zero-order valence-corrected chi connectivity index (χ0v) is 14.6. The van der Waals surface area contributed by atoms with Crippen LogP contribution in [0.5, 0.6) is 0 Å². The monoisotopic (exact) mass is 346 g/mol. The molecule has 132 valence electrons. The fourth-order valence-corrected chi connectivity index (χ4v) is 3.39. The molecular formula is C21H22N4O. The topological polar surface area (TPSA) is 50.2 Å². The molecule has 0 aliphatic carbocycles. The summed E-state index contributed by atoms with van der Waals surface area (Å²) in [6.45, 7) is 2.84. The number of nitrogens with zero attached hydrogens (tertiary/aromatic N) is 3. The van der Waals surface area contributed by atoms with Crippen molar-refractivity contribution in [3.63, 3.8) is 0 Å². The molecule has 1 fully saturated rings. The number of amides is 1. The normalized spacial score (nSPS) is 17.3. The molecule has 1 N–H and O–H groups in total. The highest BCUT2D eigenvalue weighted by Crippen LogP contribution is 2.15. The van der Waals surface area contributed by atoms with Crippen LogP contribution in [0.25, 0.3) is 5.69 Å². The summed E-state index contributed by atoms with van der Waals surface area (Å²) in [5.41, 5.74) is 2.94. The van der Waals surface area contributed by atoms with Crippen LogP contribution in [-0.2, 0) is 6.54 Å². The zero-order valence-electron chi connectivity index (χ0n) is 14.6. The van der Waals surface area contributed by atoms with Gasteiger partial charge in [0.1, 0.15) is 0 Å². The Morgan fingerprint density at radius 2 is 1.88 bits per heavy atom. The van der Waals surface area contributed by atoms with Gasteiger partial charge in [-0.05, 0) is 42.3 Å². The van der Waals surface area contributed by atoms with Crippen molar-refractivity contribution in [3.05, 3.63) is 84.2 Å². The van der Waals surface area contributed by atoms with E-state index < -0.39 is 0 Å². The highest BCUT2D eigenvalue weighted by molar-refractivity contribution is 5.94. The molecule has 26 heavy (non-hydrogen) atoms. The fourth-order valence-electron chi connectivity index (χ4n) is 3.39. The van der Waals surface area contributed by atoms with Crippen molar-refractivity contribution >= 4 is 5.91 Å². The Balaban J connectivity index is 1.32. The second-order valence-electron chi connectivity index (χ2n) is 6.68. The Morgan fingerprint density at radius 1 is 1.08 bits per heavy atom. The smallest absolute Gasteiger partial charge is 0.251 e. The lowest BCUT2D eigenvalue weighted by atomic mass is 10.1. The van der Waals surface area contributed by atoms with Crippen LogP contribution in [0.3, 0.4) is 0 Å². The molecular weight excluding hydrogens is 324 g/mol. The summed E-state index contributed by atoms with van der Waals surface area (Å²) in [6.07, 6.45) is 4.61. The van der Waals surface area contributed by atoms with Gasteiger partial charge in [-0.1, -0.05) is 30.3 Å². The van der Waals surface area contributed by atoms with Gasteiger partial charge >= 0.3 is 0 Å². The first-order valence-electron chi connectivity index (χ1n) is 8.95. The number of aromatic nitrogens is 2. The van der Waals surface area contributed by atoms with E-state index in [1.165, 1.54) is 5.56 Å². The first kappa shape index (κ1) is 16.5. The van der Waals surface area contributed by atoms with Crippen molar-refractivity contribution in [2.24, 2.45) is 0 Å². The Bertz CT molecular complexity index is 843. The Hall–Kier alpha value is -2.92. The van der Waals surface area contributed by atoms with Gasteiger partial charge < -0.3 is 5.32 Å². The molecule has 1 aliphatic heterocycles. The summed E-state index contributed by atoms with van der Waals surface area (Å²) in [5.74, 6) is -0.0106. The molecule has 5 heteroatoms. The van der Waals surface area contributed by atoms with Crippen molar-refractivity contribution < 1.29 is 4.79 Å². The maximum atomic E-state index is 12.5. The highest BCUT2D eigenvalue weighted by atomic mass is 16.1. The van der Waals surface area contributed by atoms with Gasteiger partial charge in [0.05, 0.1) is 5.69 Å². The van der Waals surface area contributed by atoms with Gasteiger partial charge in [-0.15, -0.1) is 0 Å². The number of benzene rings is 2. The molecule has 1 amide bonds. The summed E-state index contributed by atoms with van der Waals surface area (Å²) < 4.78 is 1.78. The molecule has 5 nitrogen and oxygen atoms in total. The van der Waals surface area contributed by atoms with Gasteiger partial charge in [0.25, 0.3) is 5.91 Å². The minimum atomic E-state index is -0.0106. The molecule has 1 aromatic heterocycles. The van der Waals surface area contributed by atoms with Crippen LogP contribution in [0.4, 0.5) is 0 Å². The molecule has 0 bridgehead atoms. The summed E-state index contributed by atoms with van der Waals surface area (Å²) in [5, 5.41) is 7.36. The van der Waals surface area contributed by atoms with Gasteiger partial charge in [-0.2, -0.15) is 5.10 Å². The SMILES string of the molecule is O=C(N[C@H]1CCN(Cc2ccccc2)C1)c1ccc(-n2cccn2)cc1. The molecule has 0 unspecified atom stereocenters. The first-order chi connectivity index (χ1) is 12.8. The largest absolute Gasteiger partial charge is 0.348 e. The van der Waals surface area contributed by atoms with Crippen molar-refractivity contribution in [3.8, 4) is 5.69 Å². The van der Waals surface area contributed by atoms with E-state index >= 15 is 0 Å². The minimum Gasteiger partial charge on any atom is -0.348 e. The molecule has 1 saturated heterocycles. The molecule has 2 aromatic carbocycles. The van der Waals surface area contributed by atoms with Crippen LogP contribution in [0.1, 0.15) is 22.3 Å². The Morgan fingerprint density at radius 3 is 2.62 bits per heavy atom. The highest BCUT2D eigenvalue weighted by Gasteiger charge is 2.24. The van der Waals surface area contributed by atoms with E-state index in [1.54, 1.807) is 10.9 Å². The van der Waals surface area contributed by atoms with E-state index in [9.17, 15) is 4.79 Å². The standard InChI is InChI=1S/C21H22N4O/c26-21(18-7-9-20(10-8-18)25-13-4-12-22-25)23-19-11-14-24(16-19)15-17-5-2-1-3-6-17/h1-10,12-13,19H,11,14-16H2,(H,23,26)/t19-/m0/s1. The molecule has 0 saturated carbocycles. The third kappa shape index (κ3) is 3.83. The van der Waals surface area contributed by atoms with Crippen molar-refractivity contribution in [2.75, 3.05) is 13.1 Å². The molecule has 1 aliphatic rings. The van der Waals surface area contributed by atoms with E-state index in [1.807, 2.05) is 42.6 Å². The van der Waals surface area contributed by atoms with E-state index in [4.69, 9.17) is 0 Å². The second kappa shape index (κ2) is 7.54. The van der Waals surface area contributed by atoms with Gasteiger partial charge in [0.15, 0.2) is 0 Å². The molecule has 0 radical (unpaired) electrons. The Kier molecular flexibility index (Phi) is 4.80. The second-order valence-corrected chi connectivity index (χ2v) is 6.68. The number of nitrogens with one attached hydrogen (secondary N) is 1. The predicted molar refractivity (Wildman–Crippen MR) is 101 cm³/mol. The minimum absolute atomic E-state index is 0.0106. The third-order valence-corrected chi connectivity index (χ3v) is 4.76. The lowest BCUT2D eigenvalue weighted by molar-refractivity contribution is 0.0937. The van der Waals surface area contributed by atoms with Crippen LogP contribution in [0.15, 0.2) is 73.1 Å². The van der Waals surface area contributed by atoms with Gasteiger partial charge in [0.2, 0.25) is 0 Å². The van der Waals surface area contributed by atoms with E-state index in [2.05, 4.69) is 39.6 Å². The third-order valence-electron chi connectivity index (χ3n) is 4.76. The predicted octanol–water partition coefficient (Wildman–Crippen LogP) is 2.88.